The Bertz CT molecular complexity index is 866. The standard InChI is InChI=1S/C25H32N2O3S2/c1-29-22-7-4-6-20(16-22)23(27-12-2-3-13-27)17-26-24(28)18-30-21-10-8-19(9-11-21)25-31-14-5-15-32-25/h4,6-11,16,23,25H,2-3,5,12-15,17-18H2,1H3,(H,26,28)/t23-/m0/s1. The molecule has 1 atom stereocenters. The number of benzene rings is 2. The van der Waals surface area contributed by atoms with E-state index in [0.717, 1.165) is 24.6 Å². The minimum absolute atomic E-state index is 0.0249. The zero-order valence-corrected chi connectivity index (χ0v) is 20.3. The van der Waals surface area contributed by atoms with Gasteiger partial charge in [0.15, 0.2) is 6.61 Å². The minimum Gasteiger partial charge on any atom is -0.497 e. The van der Waals surface area contributed by atoms with Crippen molar-refractivity contribution in [2.45, 2.75) is 29.9 Å². The van der Waals surface area contributed by atoms with Gasteiger partial charge in [0.05, 0.1) is 17.7 Å². The lowest BCUT2D eigenvalue weighted by Gasteiger charge is -2.28. The van der Waals surface area contributed by atoms with Crippen LogP contribution in [0.1, 0.15) is 41.0 Å². The summed E-state index contributed by atoms with van der Waals surface area (Å²) in [5.74, 6) is 3.93. The predicted molar refractivity (Wildman–Crippen MR) is 134 cm³/mol. The van der Waals surface area contributed by atoms with Gasteiger partial charge in [0.1, 0.15) is 11.5 Å². The van der Waals surface area contributed by atoms with E-state index in [9.17, 15) is 4.79 Å². The third-order valence-corrected chi connectivity index (χ3v) is 8.92. The van der Waals surface area contributed by atoms with Crippen molar-refractivity contribution in [2.75, 3.05) is 44.9 Å². The van der Waals surface area contributed by atoms with Crippen molar-refractivity contribution >= 4 is 29.4 Å². The first kappa shape index (κ1) is 23.3. The molecule has 0 unspecified atom stereocenters. The Hall–Kier alpha value is -1.83. The van der Waals surface area contributed by atoms with Crippen molar-refractivity contribution in [3.63, 3.8) is 0 Å². The van der Waals surface area contributed by atoms with Gasteiger partial charge in [-0.05, 0) is 79.3 Å². The summed E-state index contributed by atoms with van der Waals surface area (Å²) in [5.41, 5.74) is 2.49. The lowest BCUT2D eigenvalue weighted by molar-refractivity contribution is -0.123. The average Bonchev–Trinajstić information content (AvgIpc) is 3.38. The molecule has 2 aromatic rings. The second kappa shape index (κ2) is 11.9. The van der Waals surface area contributed by atoms with Crippen molar-refractivity contribution < 1.29 is 14.3 Å². The summed E-state index contributed by atoms with van der Waals surface area (Å²) in [4.78, 5) is 15.0. The van der Waals surface area contributed by atoms with Crippen LogP contribution in [0.4, 0.5) is 0 Å². The number of hydrogen-bond donors (Lipinski definition) is 1. The Morgan fingerprint density at radius 2 is 1.81 bits per heavy atom. The first-order valence-electron chi connectivity index (χ1n) is 11.3. The number of likely N-dealkylation sites (tertiary alicyclic amines) is 1. The smallest absolute Gasteiger partial charge is 0.258 e. The summed E-state index contributed by atoms with van der Waals surface area (Å²) >= 11 is 4.01. The highest BCUT2D eigenvalue weighted by molar-refractivity contribution is 8.16. The number of methoxy groups -OCH3 is 1. The first-order chi connectivity index (χ1) is 15.7. The molecule has 0 radical (unpaired) electrons. The van der Waals surface area contributed by atoms with E-state index in [1.54, 1.807) is 7.11 Å². The van der Waals surface area contributed by atoms with Crippen LogP contribution in [0.25, 0.3) is 0 Å². The van der Waals surface area contributed by atoms with Crippen molar-refractivity contribution in [3.05, 3.63) is 59.7 Å². The van der Waals surface area contributed by atoms with Crippen LogP contribution >= 0.6 is 23.5 Å². The van der Waals surface area contributed by atoms with Crippen LogP contribution in [0.15, 0.2) is 48.5 Å². The van der Waals surface area contributed by atoms with Gasteiger partial charge in [-0.15, -0.1) is 23.5 Å². The highest BCUT2D eigenvalue weighted by Crippen LogP contribution is 2.43. The number of nitrogens with zero attached hydrogens (tertiary/aromatic N) is 1. The molecule has 2 aliphatic heterocycles. The van der Waals surface area contributed by atoms with Gasteiger partial charge in [-0.2, -0.15) is 0 Å². The molecule has 1 N–H and O–H groups in total. The Morgan fingerprint density at radius 3 is 2.53 bits per heavy atom. The summed E-state index contributed by atoms with van der Waals surface area (Å²) in [6.07, 6.45) is 3.69. The normalized spacial score (nSPS) is 18.3. The zero-order chi connectivity index (χ0) is 22.2. The SMILES string of the molecule is COc1cccc([C@H](CNC(=O)COc2ccc(C3SCCCS3)cc2)N2CCCC2)c1. The molecule has 2 saturated heterocycles. The van der Waals surface area contributed by atoms with E-state index in [1.165, 1.54) is 41.9 Å². The van der Waals surface area contributed by atoms with Gasteiger partial charge in [-0.1, -0.05) is 24.3 Å². The van der Waals surface area contributed by atoms with E-state index in [2.05, 4.69) is 34.5 Å². The number of nitrogens with one attached hydrogen (secondary N) is 1. The average molecular weight is 473 g/mol. The maximum atomic E-state index is 12.5. The second-order valence-electron chi connectivity index (χ2n) is 8.12. The molecule has 7 heteroatoms. The topological polar surface area (TPSA) is 50.8 Å². The van der Waals surface area contributed by atoms with Crippen molar-refractivity contribution in [3.8, 4) is 11.5 Å². The monoisotopic (exact) mass is 472 g/mol. The van der Waals surface area contributed by atoms with Crippen LogP contribution in [-0.2, 0) is 4.79 Å². The maximum Gasteiger partial charge on any atom is 0.258 e. The van der Waals surface area contributed by atoms with Gasteiger partial charge < -0.3 is 14.8 Å². The highest BCUT2D eigenvalue weighted by Gasteiger charge is 2.24. The number of thioether (sulfide) groups is 2. The molecule has 5 nitrogen and oxygen atoms in total. The van der Waals surface area contributed by atoms with Gasteiger partial charge in [-0.3, -0.25) is 9.69 Å². The third kappa shape index (κ3) is 6.36. The highest BCUT2D eigenvalue weighted by atomic mass is 32.2. The molecule has 2 heterocycles. The van der Waals surface area contributed by atoms with E-state index >= 15 is 0 Å². The van der Waals surface area contributed by atoms with E-state index in [1.807, 2.05) is 47.8 Å². The van der Waals surface area contributed by atoms with Gasteiger partial charge in [0.25, 0.3) is 5.91 Å². The second-order valence-corrected chi connectivity index (χ2v) is 10.8. The first-order valence-corrected chi connectivity index (χ1v) is 13.4. The van der Waals surface area contributed by atoms with Crippen LogP contribution < -0.4 is 14.8 Å². The Kier molecular flexibility index (Phi) is 8.65. The fourth-order valence-electron chi connectivity index (χ4n) is 4.17. The molecule has 0 bridgehead atoms. The largest absolute Gasteiger partial charge is 0.497 e. The number of amides is 1. The van der Waals surface area contributed by atoms with Crippen LogP contribution in [0.3, 0.4) is 0 Å². The van der Waals surface area contributed by atoms with Crippen molar-refractivity contribution in [1.29, 1.82) is 0 Å². The maximum absolute atomic E-state index is 12.5. The van der Waals surface area contributed by atoms with Crippen LogP contribution in [0, 0.1) is 0 Å². The van der Waals surface area contributed by atoms with Gasteiger partial charge in [0.2, 0.25) is 0 Å². The molecular weight excluding hydrogens is 440 g/mol. The van der Waals surface area contributed by atoms with Crippen molar-refractivity contribution in [1.82, 2.24) is 10.2 Å². The Morgan fingerprint density at radius 1 is 1.06 bits per heavy atom. The number of ether oxygens (including phenoxy) is 2. The van der Waals surface area contributed by atoms with Crippen molar-refractivity contribution in [2.24, 2.45) is 0 Å². The number of carbonyl (C=O) groups is 1. The third-order valence-electron chi connectivity index (χ3n) is 5.90. The molecule has 0 aliphatic carbocycles. The number of hydrogen-bond acceptors (Lipinski definition) is 6. The molecule has 2 aromatic carbocycles. The molecule has 2 aliphatic rings. The lowest BCUT2D eigenvalue weighted by Crippen LogP contribution is -2.38. The molecule has 0 aromatic heterocycles. The van der Waals surface area contributed by atoms with E-state index in [-0.39, 0.29) is 18.6 Å². The molecule has 172 valence electrons. The summed E-state index contributed by atoms with van der Waals surface area (Å²) in [6, 6.07) is 16.5. The Labute approximate surface area is 199 Å². The number of rotatable bonds is 9. The fourth-order valence-corrected chi connectivity index (χ4v) is 7.07. The summed E-state index contributed by atoms with van der Waals surface area (Å²) in [6.45, 7) is 2.69. The molecule has 32 heavy (non-hydrogen) atoms. The molecule has 0 saturated carbocycles. The quantitative estimate of drug-likeness (QED) is 0.560. The molecule has 0 spiro atoms. The van der Waals surface area contributed by atoms with E-state index in [0.29, 0.717) is 11.1 Å². The summed E-state index contributed by atoms with van der Waals surface area (Å²) in [7, 11) is 1.68. The molecule has 1 amide bonds. The van der Waals surface area contributed by atoms with E-state index in [4.69, 9.17) is 9.47 Å². The summed E-state index contributed by atoms with van der Waals surface area (Å²) < 4.78 is 11.7. The van der Waals surface area contributed by atoms with Gasteiger partial charge in [0, 0.05) is 6.54 Å². The van der Waals surface area contributed by atoms with Gasteiger partial charge in [-0.25, -0.2) is 0 Å². The van der Waals surface area contributed by atoms with Gasteiger partial charge >= 0.3 is 0 Å². The fraction of sp³-hybridized carbons (Fsp3) is 0.480. The molecular formula is C25H32N2O3S2. The molecule has 2 fully saturated rings. The predicted octanol–water partition coefficient (Wildman–Crippen LogP) is 4.90. The van der Waals surface area contributed by atoms with Crippen LogP contribution in [0.5, 0.6) is 11.5 Å². The minimum atomic E-state index is -0.0976. The lowest BCUT2D eigenvalue weighted by atomic mass is 10.0. The summed E-state index contributed by atoms with van der Waals surface area (Å²) in [5, 5.41) is 3.08. The van der Waals surface area contributed by atoms with Crippen LogP contribution in [-0.4, -0.2) is 55.7 Å². The Balaban J connectivity index is 1.29. The molecule has 4 rings (SSSR count). The number of carbonyl (C=O) groups excluding carboxylic acids is 1. The van der Waals surface area contributed by atoms with Crippen LogP contribution in [0.2, 0.25) is 0 Å². The zero-order valence-electron chi connectivity index (χ0n) is 18.6. The van der Waals surface area contributed by atoms with E-state index < -0.39 is 0 Å².